The van der Waals surface area contributed by atoms with E-state index in [1.165, 1.54) is 12.8 Å². The molecule has 3 N–H and O–H groups in total. The van der Waals surface area contributed by atoms with Gasteiger partial charge < -0.3 is 15.0 Å². The monoisotopic (exact) mass is 291 g/mol. The fourth-order valence-electron chi connectivity index (χ4n) is 2.97. The average molecular weight is 291 g/mol. The molecule has 1 aliphatic rings. The molecule has 2 aromatic rings. The lowest BCUT2D eigenvalue weighted by molar-refractivity contribution is -0.0636. The van der Waals surface area contributed by atoms with Crippen LogP contribution in [0.5, 0.6) is 0 Å². The zero-order valence-electron chi connectivity index (χ0n) is 12.3. The Kier molecular flexibility index (Phi) is 3.92. The van der Waals surface area contributed by atoms with Gasteiger partial charge in [-0.2, -0.15) is 10.1 Å². The molecule has 3 rings (SSSR count). The highest BCUT2D eigenvalue weighted by atomic mass is 16.5. The van der Waals surface area contributed by atoms with Crippen LogP contribution in [0.1, 0.15) is 51.3 Å². The van der Waals surface area contributed by atoms with Gasteiger partial charge in [0.2, 0.25) is 5.82 Å². The van der Waals surface area contributed by atoms with Crippen LogP contribution in [0.4, 0.5) is 5.82 Å². The minimum Gasteiger partial charge on any atom is -0.382 e. The first kappa shape index (κ1) is 14.1. The molecule has 1 saturated carbocycles. The minimum atomic E-state index is -0.418. The van der Waals surface area contributed by atoms with Crippen LogP contribution >= 0.6 is 0 Å². The number of nitrogen functional groups attached to an aromatic ring is 1. The Hall–Kier alpha value is -1.89. The van der Waals surface area contributed by atoms with E-state index in [4.69, 9.17) is 15.0 Å². The predicted molar refractivity (Wildman–Crippen MR) is 77.3 cm³/mol. The number of ether oxygens (including phenoxy) is 1. The summed E-state index contributed by atoms with van der Waals surface area (Å²) < 4.78 is 11.4. The van der Waals surface area contributed by atoms with Gasteiger partial charge >= 0.3 is 0 Å². The molecule has 1 aliphatic carbocycles. The van der Waals surface area contributed by atoms with Crippen molar-refractivity contribution in [1.29, 1.82) is 0 Å². The van der Waals surface area contributed by atoms with Crippen LogP contribution in [0, 0.1) is 0 Å². The lowest BCUT2D eigenvalue weighted by atomic mass is 9.93. The molecule has 0 atom stereocenters. The molecule has 2 aromatic heterocycles. The Bertz CT molecular complexity index is 584. The van der Waals surface area contributed by atoms with Crippen molar-refractivity contribution in [1.82, 2.24) is 20.3 Å². The van der Waals surface area contributed by atoms with Crippen LogP contribution in [-0.2, 0) is 10.3 Å². The maximum atomic E-state index is 6.06. The second-order valence-corrected chi connectivity index (χ2v) is 5.47. The first-order valence-electron chi connectivity index (χ1n) is 7.53. The van der Waals surface area contributed by atoms with Crippen molar-refractivity contribution in [3.8, 4) is 11.6 Å². The Labute approximate surface area is 123 Å². The number of nitrogens with one attached hydrogen (secondary N) is 1. The highest BCUT2D eigenvalue weighted by Crippen LogP contribution is 2.38. The van der Waals surface area contributed by atoms with E-state index in [1.807, 2.05) is 6.92 Å². The first-order chi connectivity index (χ1) is 10.2. The molecule has 21 heavy (non-hydrogen) atoms. The Morgan fingerprint density at radius 1 is 1.33 bits per heavy atom. The third-order valence-electron chi connectivity index (χ3n) is 3.99. The largest absolute Gasteiger partial charge is 0.382 e. The maximum Gasteiger partial charge on any atom is 0.276 e. The van der Waals surface area contributed by atoms with Gasteiger partial charge in [0.05, 0.1) is 0 Å². The van der Waals surface area contributed by atoms with E-state index in [9.17, 15) is 0 Å². The third kappa shape index (κ3) is 2.78. The van der Waals surface area contributed by atoms with Crippen LogP contribution in [-0.4, -0.2) is 26.9 Å². The second-order valence-electron chi connectivity index (χ2n) is 5.47. The SMILES string of the molecule is CCOC1(c2noc(-c3cc(N)n[nH]3)n2)CCCCCC1. The van der Waals surface area contributed by atoms with Gasteiger partial charge in [0.15, 0.2) is 0 Å². The number of rotatable bonds is 4. The van der Waals surface area contributed by atoms with E-state index in [-0.39, 0.29) is 0 Å². The van der Waals surface area contributed by atoms with Crippen molar-refractivity contribution >= 4 is 5.82 Å². The molecule has 0 spiro atoms. The molecule has 2 heterocycles. The molecular weight excluding hydrogens is 270 g/mol. The summed E-state index contributed by atoms with van der Waals surface area (Å²) in [7, 11) is 0. The summed E-state index contributed by atoms with van der Waals surface area (Å²) in [5.41, 5.74) is 5.82. The van der Waals surface area contributed by atoms with Crippen molar-refractivity contribution in [3.05, 3.63) is 11.9 Å². The average Bonchev–Trinajstić information content (AvgIpc) is 3.06. The number of hydrogen-bond acceptors (Lipinski definition) is 6. The van der Waals surface area contributed by atoms with Crippen molar-refractivity contribution < 1.29 is 9.26 Å². The molecular formula is C14H21N5O2. The lowest BCUT2D eigenvalue weighted by Gasteiger charge is -2.29. The van der Waals surface area contributed by atoms with Crippen LogP contribution in [0.15, 0.2) is 10.6 Å². The summed E-state index contributed by atoms with van der Waals surface area (Å²) in [4.78, 5) is 4.52. The van der Waals surface area contributed by atoms with Crippen LogP contribution in [0.25, 0.3) is 11.6 Å². The van der Waals surface area contributed by atoms with E-state index in [0.717, 1.165) is 25.7 Å². The lowest BCUT2D eigenvalue weighted by Crippen LogP contribution is -2.30. The summed E-state index contributed by atoms with van der Waals surface area (Å²) >= 11 is 0. The topological polar surface area (TPSA) is 103 Å². The summed E-state index contributed by atoms with van der Waals surface area (Å²) in [6.45, 7) is 2.64. The van der Waals surface area contributed by atoms with Crippen molar-refractivity contribution in [2.45, 2.75) is 51.0 Å². The highest BCUT2D eigenvalue weighted by molar-refractivity contribution is 5.51. The zero-order chi connectivity index (χ0) is 14.7. The molecule has 0 radical (unpaired) electrons. The van der Waals surface area contributed by atoms with Gasteiger partial charge in [0.25, 0.3) is 5.89 Å². The fourth-order valence-corrected chi connectivity index (χ4v) is 2.97. The molecule has 0 amide bonds. The molecule has 0 unspecified atom stereocenters. The van der Waals surface area contributed by atoms with E-state index < -0.39 is 5.60 Å². The molecule has 114 valence electrons. The fraction of sp³-hybridized carbons (Fsp3) is 0.643. The molecule has 0 aliphatic heterocycles. The normalized spacial score (nSPS) is 18.5. The highest BCUT2D eigenvalue weighted by Gasteiger charge is 2.38. The maximum absolute atomic E-state index is 6.06. The van der Waals surface area contributed by atoms with E-state index in [2.05, 4.69) is 20.3 Å². The van der Waals surface area contributed by atoms with Gasteiger partial charge in [-0.25, -0.2) is 0 Å². The van der Waals surface area contributed by atoms with Gasteiger partial charge in [0, 0.05) is 12.7 Å². The molecule has 0 bridgehead atoms. The molecule has 0 saturated heterocycles. The van der Waals surface area contributed by atoms with E-state index in [0.29, 0.717) is 29.8 Å². The predicted octanol–water partition coefficient (Wildman–Crippen LogP) is 2.63. The minimum absolute atomic E-state index is 0.400. The van der Waals surface area contributed by atoms with E-state index >= 15 is 0 Å². The van der Waals surface area contributed by atoms with E-state index in [1.54, 1.807) is 6.07 Å². The van der Waals surface area contributed by atoms with Crippen molar-refractivity contribution in [2.75, 3.05) is 12.3 Å². The Morgan fingerprint density at radius 3 is 2.71 bits per heavy atom. The summed E-state index contributed by atoms with van der Waals surface area (Å²) in [5, 5.41) is 10.8. The number of anilines is 1. The smallest absolute Gasteiger partial charge is 0.276 e. The summed E-state index contributed by atoms with van der Waals surface area (Å²) in [5.74, 6) is 1.44. The van der Waals surface area contributed by atoms with Crippen LogP contribution in [0.2, 0.25) is 0 Å². The number of nitrogens with two attached hydrogens (primary N) is 1. The van der Waals surface area contributed by atoms with Gasteiger partial charge in [0.1, 0.15) is 17.1 Å². The molecule has 1 fully saturated rings. The summed E-state index contributed by atoms with van der Waals surface area (Å²) in [6.07, 6.45) is 6.59. The third-order valence-corrected chi connectivity index (χ3v) is 3.99. The molecule has 0 aromatic carbocycles. The number of hydrogen-bond donors (Lipinski definition) is 2. The van der Waals surface area contributed by atoms with Gasteiger partial charge in [-0.15, -0.1) is 0 Å². The zero-order valence-corrected chi connectivity index (χ0v) is 12.3. The van der Waals surface area contributed by atoms with Crippen LogP contribution < -0.4 is 5.73 Å². The Balaban J connectivity index is 1.91. The standard InChI is InChI=1S/C14H21N5O2/c1-2-20-14(7-5-3-4-6-8-14)13-16-12(21-19-13)10-9-11(15)18-17-10/h9H,2-8H2,1H3,(H3,15,17,18). The first-order valence-corrected chi connectivity index (χ1v) is 7.53. The number of nitrogens with zero attached hydrogens (tertiary/aromatic N) is 3. The quantitative estimate of drug-likeness (QED) is 0.839. The molecule has 7 nitrogen and oxygen atoms in total. The Morgan fingerprint density at radius 2 is 2.10 bits per heavy atom. The van der Waals surface area contributed by atoms with Gasteiger partial charge in [-0.3, -0.25) is 5.10 Å². The molecule has 7 heteroatoms. The van der Waals surface area contributed by atoms with Crippen molar-refractivity contribution in [2.24, 2.45) is 0 Å². The van der Waals surface area contributed by atoms with Crippen LogP contribution in [0.3, 0.4) is 0 Å². The summed E-state index contributed by atoms with van der Waals surface area (Å²) in [6, 6.07) is 1.68. The van der Waals surface area contributed by atoms with Crippen molar-refractivity contribution in [3.63, 3.8) is 0 Å². The van der Waals surface area contributed by atoms with Gasteiger partial charge in [-0.1, -0.05) is 30.8 Å². The van der Waals surface area contributed by atoms with Gasteiger partial charge in [-0.05, 0) is 19.8 Å². The number of H-pyrrole nitrogens is 1. The number of aromatic nitrogens is 4. The number of aromatic amines is 1. The second kappa shape index (κ2) is 5.85.